The van der Waals surface area contributed by atoms with E-state index in [2.05, 4.69) is 20.9 Å². The van der Waals surface area contributed by atoms with E-state index in [1.165, 1.54) is 11.3 Å². The van der Waals surface area contributed by atoms with Crippen molar-refractivity contribution in [1.29, 1.82) is 0 Å². The third-order valence-electron chi connectivity index (χ3n) is 4.39. The first-order valence-corrected chi connectivity index (χ1v) is 8.67. The van der Waals surface area contributed by atoms with Crippen LogP contribution in [0, 0.1) is 0 Å². The average Bonchev–Trinajstić information content (AvgIpc) is 2.97. The molecule has 0 spiro atoms. The molecular formula is C16H28N6O. The van der Waals surface area contributed by atoms with Gasteiger partial charge < -0.3 is 25.6 Å². The Labute approximate surface area is 138 Å². The zero-order valence-electron chi connectivity index (χ0n) is 14.0. The maximum Gasteiger partial charge on any atom is 0.224 e. The van der Waals surface area contributed by atoms with E-state index >= 15 is 0 Å². The molecule has 1 saturated heterocycles. The van der Waals surface area contributed by atoms with Crippen molar-refractivity contribution >= 4 is 11.8 Å². The highest BCUT2D eigenvalue weighted by Crippen LogP contribution is 2.25. The van der Waals surface area contributed by atoms with Crippen LogP contribution in [0.4, 0.5) is 11.8 Å². The highest BCUT2D eigenvalue weighted by atomic mass is 16.5. The Balaban J connectivity index is 1.88. The first kappa shape index (κ1) is 16.4. The summed E-state index contributed by atoms with van der Waals surface area (Å²) in [6.45, 7) is 7.55. The number of fused-ring (bicyclic) bond motifs is 1. The molecule has 0 atom stereocenters. The van der Waals surface area contributed by atoms with Crippen molar-refractivity contribution in [3.63, 3.8) is 0 Å². The maximum absolute atomic E-state index is 5.11. The molecule has 0 amide bonds. The summed E-state index contributed by atoms with van der Waals surface area (Å²) in [6, 6.07) is 0. The molecule has 0 aliphatic carbocycles. The number of rotatable bonds is 5. The number of ether oxygens (including phenoxy) is 1. The van der Waals surface area contributed by atoms with E-state index in [1.54, 1.807) is 7.11 Å². The number of methoxy groups -OCH3 is 1. The second-order valence-corrected chi connectivity index (χ2v) is 6.06. The number of nitrogens with one attached hydrogen (secondary N) is 3. The fourth-order valence-corrected chi connectivity index (χ4v) is 3.19. The van der Waals surface area contributed by atoms with Crippen LogP contribution >= 0.6 is 0 Å². The Kier molecular flexibility index (Phi) is 6.01. The van der Waals surface area contributed by atoms with Crippen molar-refractivity contribution in [2.45, 2.75) is 19.3 Å². The standard InChI is InChI=1S/C16H28N6O/c1-23-12-9-19-16-20-14-4-7-18-6-3-13(14)15(21-16)22-10-2-5-17-8-11-22/h17-18H,2-12H2,1H3,(H,19,20,21). The summed E-state index contributed by atoms with van der Waals surface area (Å²) >= 11 is 0. The fourth-order valence-electron chi connectivity index (χ4n) is 3.19. The number of hydrogen-bond acceptors (Lipinski definition) is 7. The van der Waals surface area contributed by atoms with E-state index in [9.17, 15) is 0 Å². The van der Waals surface area contributed by atoms with Crippen LogP contribution in [0.1, 0.15) is 17.7 Å². The fraction of sp³-hybridized carbons (Fsp3) is 0.750. The largest absolute Gasteiger partial charge is 0.383 e. The van der Waals surface area contributed by atoms with Crippen molar-refractivity contribution in [3.05, 3.63) is 11.3 Å². The van der Waals surface area contributed by atoms with Gasteiger partial charge in [-0.25, -0.2) is 4.98 Å². The second-order valence-electron chi connectivity index (χ2n) is 6.06. The lowest BCUT2D eigenvalue weighted by Crippen LogP contribution is -2.30. The van der Waals surface area contributed by atoms with Crippen molar-refractivity contribution in [1.82, 2.24) is 20.6 Å². The van der Waals surface area contributed by atoms with Crippen LogP contribution in [-0.4, -0.2) is 69.5 Å². The molecule has 23 heavy (non-hydrogen) atoms. The van der Waals surface area contributed by atoms with Gasteiger partial charge in [-0.05, 0) is 25.9 Å². The Bertz CT molecular complexity index is 502. The van der Waals surface area contributed by atoms with Gasteiger partial charge in [0.25, 0.3) is 0 Å². The highest BCUT2D eigenvalue weighted by Gasteiger charge is 2.21. The molecule has 1 aromatic rings. The Morgan fingerprint density at radius 1 is 1.09 bits per heavy atom. The number of hydrogen-bond donors (Lipinski definition) is 3. The number of anilines is 2. The van der Waals surface area contributed by atoms with Crippen LogP contribution < -0.4 is 20.9 Å². The molecule has 3 heterocycles. The van der Waals surface area contributed by atoms with E-state index in [1.807, 2.05) is 0 Å². The molecule has 3 rings (SSSR count). The highest BCUT2D eigenvalue weighted by molar-refractivity contribution is 5.53. The molecule has 128 valence electrons. The first-order valence-electron chi connectivity index (χ1n) is 8.67. The summed E-state index contributed by atoms with van der Waals surface area (Å²) in [4.78, 5) is 12.0. The van der Waals surface area contributed by atoms with Crippen LogP contribution in [0.25, 0.3) is 0 Å². The summed E-state index contributed by atoms with van der Waals surface area (Å²) < 4.78 is 5.11. The Morgan fingerprint density at radius 3 is 2.87 bits per heavy atom. The molecule has 3 N–H and O–H groups in total. The molecule has 1 fully saturated rings. The second kappa shape index (κ2) is 8.42. The van der Waals surface area contributed by atoms with Gasteiger partial charge in [-0.2, -0.15) is 4.98 Å². The molecular weight excluding hydrogens is 292 g/mol. The predicted molar refractivity (Wildman–Crippen MR) is 92.4 cm³/mol. The monoisotopic (exact) mass is 320 g/mol. The first-order chi connectivity index (χ1) is 11.4. The molecule has 2 aliphatic heterocycles. The summed E-state index contributed by atoms with van der Waals surface area (Å²) in [6.07, 6.45) is 3.13. The van der Waals surface area contributed by atoms with Crippen LogP contribution in [0.15, 0.2) is 0 Å². The molecule has 0 unspecified atom stereocenters. The third kappa shape index (κ3) is 4.31. The third-order valence-corrected chi connectivity index (χ3v) is 4.39. The van der Waals surface area contributed by atoms with Crippen molar-refractivity contribution in [2.75, 3.05) is 69.7 Å². The SMILES string of the molecule is COCCNc1nc2c(c(N3CCCNCC3)n1)CCNCC2. The average molecular weight is 320 g/mol. The summed E-state index contributed by atoms with van der Waals surface area (Å²) in [5, 5.41) is 10.2. The molecule has 1 aromatic heterocycles. The van der Waals surface area contributed by atoms with E-state index in [-0.39, 0.29) is 0 Å². The molecule has 7 nitrogen and oxygen atoms in total. The van der Waals surface area contributed by atoms with Gasteiger partial charge in [0, 0.05) is 51.8 Å². The summed E-state index contributed by atoms with van der Waals surface area (Å²) in [5.74, 6) is 1.86. The Hall–Kier alpha value is -1.44. The number of nitrogens with zero attached hydrogens (tertiary/aromatic N) is 3. The maximum atomic E-state index is 5.11. The lowest BCUT2D eigenvalue weighted by molar-refractivity contribution is 0.210. The lowest BCUT2D eigenvalue weighted by Gasteiger charge is -2.25. The van der Waals surface area contributed by atoms with Crippen molar-refractivity contribution in [2.24, 2.45) is 0 Å². The normalized spacial score (nSPS) is 18.9. The van der Waals surface area contributed by atoms with Crippen LogP contribution in [-0.2, 0) is 17.6 Å². The van der Waals surface area contributed by atoms with Gasteiger partial charge in [-0.3, -0.25) is 0 Å². The van der Waals surface area contributed by atoms with Gasteiger partial charge in [0.05, 0.1) is 12.3 Å². The molecule has 0 aromatic carbocycles. The van der Waals surface area contributed by atoms with Crippen molar-refractivity contribution < 1.29 is 4.74 Å². The quantitative estimate of drug-likeness (QED) is 0.661. The minimum absolute atomic E-state index is 0.658. The van der Waals surface area contributed by atoms with Crippen LogP contribution in [0.3, 0.4) is 0 Å². The van der Waals surface area contributed by atoms with E-state index in [0.29, 0.717) is 6.61 Å². The lowest BCUT2D eigenvalue weighted by atomic mass is 10.1. The van der Waals surface area contributed by atoms with E-state index < -0.39 is 0 Å². The zero-order valence-corrected chi connectivity index (χ0v) is 14.0. The molecule has 0 bridgehead atoms. The zero-order chi connectivity index (χ0) is 15.9. The molecule has 2 aliphatic rings. The Morgan fingerprint density at radius 2 is 1.96 bits per heavy atom. The van der Waals surface area contributed by atoms with Gasteiger partial charge in [0.15, 0.2) is 0 Å². The molecule has 0 radical (unpaired) electrons. The van der Waals surface area contributed by atoms with Gasteiger partial charge in [0.1, 0.15) is 5.82 Å². The van der Waals surface area contributed by atoms with Gasteiger partial charge in [0.2, 0.25) is 5.95 Å². The molecule has 7 heteroatoms. The van der Waals surface area contributed by atoms with Crippen molar-refractivity contribution in [3.8, 4) is 0 Å². The van der Waals surface area contributed by atoms with Gasteiger partial charge in [-0.1, -0.05) is 0 Å². The minimum atomic E-state index is 0.658. The van der Waals surface area contributed by atoms with E-state index in [0.717, 1.165) is 76.8 Å². The predicted octanol–water partition coefficient (Wildman–Crippen LogP) is 0.0228. The minimum Gasteiger partial charge on any atom is -0.383 e. The van der Waals surface area contributed by atoms with Gasteiger partial charge >= 0.3 is 0 Å². The van der Waals surface area contributed by atoms with Crippen LogP contribution in [0.2, 0.25) is 0 Å². The van der Waals surface area contributed by atoms with E-state index in [4.69, 9.17) is 14.7 Å². The molecule has 0 saturated carbocycles. The topological polar surface area (TPSA) is 74.3 Å². The van der Waals surface area contributed by atoms with Gasteiger partial charge in [-0.15, -0.1) is 0 Å². The number of aromatic nitrogens is 2. The summed E-state index contributed by atoms with van der Waals surface area (Å²) in [5.41, 5.74) is 2.52. The van der Waals surface area contributed by atoms with Crippen LogP contribution in [0.5, 0.6) is 0 Å². The summed E-state index contributed by atoms with van der Waals surface area (Å²) in [7, 11) is 1.71. The smallest absolute Gasteiger partial charge is 0.224 e.